The first-order valence-corrected chi connectivity index (χ1v) is 6.60. The number of urea groups is 1. The van der Waals surface area contributed by atoms with Gasteiger partial charge in [-0.05, 0) is 24.3 Å². The lowest BCUT2D eigenvalue weighted by Gasteiger charge is -2.26. The van der Waals surface area contributed by atoms with E-state index in [4.69, 9.17) is 0 Å². The molecule has 0 radical (unpaired) electrons. The predicted molar refractivity (Wildman–Crippen MR) is 74.9 cm³/mol. The summed E-state index contributed by atoms with van der Waals surface area (Å²) in [4.78, 5) is 28.7. The van der Waals surface area contributed by atoms with E-state index >= 15 is 0 Å². The molecule has 0 unspecified atom stereocenters. The molecule has 3 amide bonds. The lowest BCUT2D eigenvalue weighted by atomic mass is 10.2. The zero-order valence-corrected chi connectivity index (χ0v) is 11.5. The Labute approximate surface area is 117 Å². The molecule has 3 rings (SSSR count). The molecule has 2 aromatic rings. The van der Waals surface area contributed by atoms with Crippen LogP contribution in [0.5, 0.6) is 0 Å². The van der Waals surface area contributed by atoms with Gasteiger partial charge in [0.25, 0.3) is 0 Å². The van der Waals surface area contributed by atoms with E-state index in [2.05, 4.69) is 26.2 Å². The number of benzene rings is 1. The number of hydrogen-bond donors (Lipinski definition) is 1. The first-order chi connectivity index (χ1) is 9.15. The SMILES string of the molecule is O=C1CCN(c2ccc3c(Br)ccnc3c2)C(=O)N1. The predicted octanol–water partition coefficient (Wildman–Crippen LogP) is 2.44. The third kappa shape index (κ3) is 2.19. The van der Waals surface area contributed by atoms with E-state index in [1.54, 1.807) is 11.1 Å². The maximum Gasteiger partial charge on any atom is 0.328 e. The first kappa shape index (κ1) is 12.1. The second-order valence-corrected chi connectivity index (χ2v) is 5.10. The molecular formula is C13H10BrN3O2. The molecule has 2 heterocycles. The highest BCUT2D eigenvalue weighted by Gasteiger charge is 2.24. The average Bonchev–Trinajstić information content (AvgIpc) is 2.38. The molecule has 1 aromatic carbocycles. The minimum atomic E-state index is -0.384. The van der Waals surface area contributed by atoms with Crippen molar-refractivity contribution >= 4 is 44.5 Å². The van der Waals surface area contributed by atoms with E-state index < -0.39 is 0 Å². The lowest BCUT2D eigenvalue weighted by molar-refractivity contribution is -0.120. The molecule has 6 heteroatoms. The monoisotopic (exact) mass is 319 g/mol. The molecule has 0 saturated carbocycles. The molecule has 1 aliphatic heterocycles. The van der Waals surface area contributed by atoms with E-state index in [0.717, 1.165) is 21.1 Å². The Kier molecular flexibility index (Phi) is 2.94. The van der Waals surface area contributed by atoms with Crippen LogP contribution in [0.2, 0.25) is 0 Å². The van der Waals surface area contributed by atoms with Crippen LogP contribution in [0.25, 0.3) is 10.9 Å². The van der Waals surface area contributed by atoms with Crippen LogP contribution in [0, 0.1) is 0 Å². The van der Waals surface area contributed by atoms with E-state index in [0.29, 0.717) is 13.0 Å². The number of imide groups is 1. The summed E-state index contributed by atoms with van der Waals surface area (Å²) in [6, 6.07) is 7.09. The highest BCUT2D eigenvalue weighted by atomic mass is 79.9. The third-order valence-corrected chi connectivity index (χ3v) is 3.73. The van der Waals surface area contributed by atoms with Crippen LogP contribution < -0.4 is 10.2 Å². The van der Waals surface area contributed by atoms with Gasteiger partial charge in [0.15, 0.2) is 0 Å². The summed E-state index contributed by atoms with van der Waals surface area (Å²) in [5, 5.41) is 3.29. The molecule has 1 aliphatic rings. The van der Waals surface area contributed by atoms with Gasteiger partial charge in [-0.1, -0.05) is 15.9 Å². The number of anilines is 1. The Morgan fingerprint density at radius 1 is 1.26 bits per heavy atom. The van der Waals surface area contributed by atoms with Crippen LogP contribution in [0.15, 0.2) is 34.9 Å². The van der Waals surface area contributed by atoms with Crippen LogP contribution in [0.4, 0.5) is 10.5 Å². The zero-order chi connectivity index (χ0) is 13.4. The molecule has 1 fully saturated rings. The Balaban J connectivity index is 2.02. The molecule has 0 bridgehead atoms. The molecule has 0 atom stereocenters. The summed E-state index contributed by atoms with van der Waals surface area (Å²) in [7, 11) is 0. The maximum atomic E-state index is 11.8. The lowest BCUT2D eigenvalue weighted by Crippen LogP contribution is -2.49. The van der Waals surface area contributed by atoms with Crippen molar-refractivity contribution in [2.45, 2.75) is 6.42 Å². The Bertz CT molecular complexity index is 687. The summed E-state index contributed by atoms with van der Waals surface area (Å²) in [5.74, 6) is -0.233. The number of aromatic nitrogens is 1. The zero-order valence-electron chi connectivity index (χ0n) is 9.89. The Morgan fingerprint density at radius 2 is 2.11 bits per heavy atom. The normalized spacial score (nSPS) is 15.7. The van der Waals surface area contributed by atoms with E-state index in [1.165, 1.54) is 0 Å². The second kappa shape index (κ2) is 4.62. The van der Waals surface area contributed by atoms with Crippen molar-refractivity contribution in [2.24, 2.45) is 0 Å². The topological polar surface area (TPSA) is 62.3 Å². The van der Waals surface area contributed by atoms with Crippen molar-refractivity contribution in [2.75, 3.05) is 11.4 Å². The number of carbonyl (C=O) groups is 2. The van der Waals surface area contributed by atoms with E-state index in [-0.39, 0.29) is 11.9 Å². The number of rotatable bonds is 1. The summed E-state index contributed by atoms with van der Waals surface area (Å²) in [5.41, 5.74) is 1.54. The van der Waals surface area contributed by atoms with Crippen molar-refractivity contribution in [1.82, 2.24) is 10.3 Å². The first-order valence-electron chi connectivity index (χ1n) is 5.81. The maximum absolute atomic E-state index is 11.8. The van der Waals surface area contributed by atoms with Gasteiger partial charge in [-0.25, -0.2) is 4.79 Å². The van der Waals surface area contributed by atoms with Gasteiger partial charge in [-0.15, -0.1) is 0 Å². The average molecular weight is 320 g/mol. The number of fused-ring (bicyclic) bond motifs is 1. The van der Waals surface area contributed by atoms with Gasteiger partial charge in [0.05, 0.1) is 5.52 Å². The van der Waals surface area contributed by atoms with Crippen LogP contribution in [-0.4, -0.2) is 23.5 Å². The highest BCUT2D eigenvalue weighted by molar-refractivity contribution is 9.10. The molecule has 1 aromatic heterocycles. The molecule has 96 valence electrons. The fourth-order valence-corrected chi connectivity index (χ4v) is 2.53. The van der Waals surface area contributed by atoms with Crippen LogP contribution in [-0.2, 0) is 4.79 Å². The van der Waals surface area contributed by atoms with Gasteiger partial charge in [0.1, 0.15) is 0 Å². The number of nitrogens with zero attached hydrogens (tertiary/aromatic N) is 2. The van der Waals surface area contributed by atoms with Crippen LogP contribution in [0.1, 0.15) is 6.42 Å². The number of halogens is 1. The molecule has 5 nitrogen and oxygen atoms in total. The van der Waals surface area contributed by atoms with Crippen LogP contribution in [0.3, 0.4) is 0 Å². The van der Waals surface area contributed by atoms with Gasteiger partial charge in [0.2, 0.25) is 5.91 Å². The van der Waals surface area contributed by atoms with Gasteiger partial charge in [-0.3, -0.25) is 20.0 Å². The number of pyridine rings is 1. The molecular weight excluding hydrogens is 310 g/mol. The minimum absolute atomic E-state index is 0.233. The van der Waals surface area contributed by atoms with Crippen molar-refractivity contribution in [3.63, 3.8) is 0 Å². The molecule has 0 aliphatic carbocycles. The fraction of sp³-hybridized carbons (Fsp3) is 0.154. The smallest absolute Gasteiger partial charge is 0.294 e. The van der Waals surface area contributed by atoms with Gasteiger partial charge in [0, 0.05) is 34.7 Å². The minimum Gasteiger partial charge on any atom is -0.294 e. The Morgan fingerprint density at radius 3 is 2.89 bits per heavy atom. The number of hydrogen-bond acceptors (Lipinski definition) is 3. The van der Waals surface area contributed by atoms with Crippen molar-refractivity contribution < 1.29 is 9.59 Å². The third-order valence-electron chi connectivity index (χ3n) is 3.04. The second-order valence-electron chi connectivity index (χ2n) is 4.25. The van der Waals surface area contributed by atoms with Crippen molar-refractivity contribution in [3.8, 4) is 0 Å². The molecule has 0 spiro atoms. The highest BCUT2D eigenvalue weighted by Crippen LogP contribution is 2.26. The quantitative estimate of drug-likeness (QED) is 0.878. The summed E-state index contributed by atoms with van der Waals surface area (Å²) in [6.07, 6.45) is 2.02. The number of carbonyl (C=O) groups excluding carboxylic acids is 2. The van der Waals surface area contributed by atoms with E-state index in [1.807, 2.05) is 24.3 Å². The number of amides is 3. The largest absolute Gasteiger partial charge is 0.328 e. The van der Waals surface area contributed by atoms with Crippen molar-refractivity contribution in [3.05, 3.63) is 34.9 Å². The van der Waals surface area contributed by atoms with Gasteiger partial charge >= 0.3 is 6.03 Å². The summed E-state index contributed by atoms with van der Waals surface area (Å²) in [6.45, 7) is 0.393. The van der Waals surface area contributed by atoms with Crippen LogP contribution >= 0.6 is 15.9 Å². The Hall–Kier alpha value is -1.95. The van der Waals surface area contributed by atoms with Crippen molar-refractivity contribution in [1.29, 1.82) is 0 Å². The van der Waals surface area contributed by atoms with Gasteiger partial charge in [-0.2, -0.15) is 0 Å². The molecule has 1 saturated heterocycles. The van der Waals surface area contributed by atoms with E-state index in [9.17, 15) is 9.59 Å². The fourth-order valence-electron chi connectivity index (χ4n) is 2.08. The standard InChI is InChI=1S/C13H10BrN3O2/c14-10-3-5-15-11-7-8(1-2-9(10)11)17-6-4-12(18)16-13(17)19/h1-3,5,7H,4,6H2,(H,16,18,19). The molecule has 1 N–H and O–H groups in total. The number of nitrogens with one attached hydrogen (secondary N) is 1. The summed E-state index contributed by atoms with van der Waals surface area (Å²) >= 11 is 3.46. The van der Waals surface area contributed by atoms with Gasteiger partial charge < -0.3 is 0 Å². The molecule has 19 heavy (non-hydrogen) atoms. The summed E-state index contributed by atoms with van der Waals surface area (Å²) < 4.78 is 0.960.